The maximum atomic E-state index is 12.6. The molecular formula is C22H41N3O5. The van der Waals surface area contributed by atoms with Gasteiger partial charge in [0.2, 0.25) is 5.91 Å². The van der Waals surface area contributed by atoms with Gasteiger partial charge in [-0.2, -0.15) is 0 Å². The topological polar surface area (TPSA) is 88.2 Å². The van der Waals surface area contributed by atoms with Crippen LogP contribution in [0.15, 0.2) is 0 Å². The molecule has 1 unspecified atom stereocenters. The molecule has 1 fully saturated rings. The highest BCUT2D eigenvalue weighted by Crippen LogP contribution is 2.21. The summed E-state index contributed by atoms with van der Waals surface area (Å²) in [7, 11) is 0. The number of carbonyl (C=O) groups is 3. The van der Waals surface area contributed by atoms with Crippen molar-refractivity contribution in [1.29, 1.82) is 0 Å². The van der Waals surface area contributed by atoms with E-state index >= 15 is 0 Å². The van der Waals surface area contributed by atoms with E-state index in [0.29, 0.717) is 19.6 Å². The zero-order valence-electron chi connectivity index (χ0n) is 20.0. The largest absolute Gasteiger partial charge is 0.444 e. The van der Waals surface area contributed by atoms with Crippen LogP contribution in [-0.4, -0.2) is 71.3 Å². The van der Waals surface area contributed by atoms with Crippen LogP contribution in [0.4, 0.5) is 9.59 Å². The van der Waals surface area contributed by atoms with Gasteiger partial charge < -0.3 is 24.6 Å². The fraction of sp³-hybridized carbons (Fsp3) is 0.864. The van der Waals surface area contributed by atoms with E-state index in [9.17, 15) is 14.4 Å². The Morgan fingerprint density at radius 2 is 1.67 bits per heavy atom. The quantitative estimate of drug-likeness (QED) is 0.697. The van der Waals surface area contributed by atoms with Gasteiger partial charge in [0.05, 0.1) is 0 Å². The Labute approximate surface area is 181 Å². The second-order valence-electron chi connectivity index (χ2n) is 10.3. The zero-order chi connectivity index (χ0) is 23.1. The first-order valence-corrected chi connectivity index (χ1v) is 10.9. The van der Waals surface area contributed by atoms with Gasteiger partial charge >= 0.3 is 12.2 Å². The molecule has 0 saturated carbocycles. The number of hydrogen-bond donors (Lipinski definition) is 1. The van der Waals surface area contributed by atoms with E-state index in [2.05, 4.69) is 5.32 Å². The summed E-state index contributed by atoms with van der Waals surface area (Å²) in [5, 5.41) is 2.63. The SMILES string of the molecule is CC(C)N(CC1CCCN(C(=O)CCNC(=O)OC(C)(C)C)C1)C(=O)OC(C)(C)C. The molecule has 1 aliphatic rings. The summed E-state index contributed by atoms with van der Waals surface area (Å²) in [5.74, 6) is 0.209. The van der Waals surface area contributed by atoms with E-state index in [4.69, 9.17) is 9.47 Å². The van der Waals surface area contributed by atoms with Crippen molar-refractivity contribution in [2.75, 3.05) is 26.2 Å². The number of amides is 3. The Morgan fingerprint density at radius 3 is 2.20 bits per heavy atom. The number of rotatable bonds is 6. The van der Waals surface area contributed by atoms with E-state index in [1.54, 1.807) is 25.7 Å². The molecule has 8 heteroatoms. The average molecular weight is 428 g/mol. The Kier molecular flexibility index (Phi) is 9.43. The molecule has 1 N–H and O–H groups in total. The Balaban J connectivity index is 2.54. The van der Waals surface area contributed by atoms with Gasteiger partial charge in [-0.25, -0.2) is 9.59 Å². The molecule has 174 valence electrons. The Morgan fingerprint density at radius 1 is 1.07 bits per heavy atom. The second-order valence-corrected chi connectivity index (χ2v) is 10.3. The number of nitrogens with one attached hydrogen (secondary N) is 1. The van der Waals surface area contributed by atoms with Crippen molar-refractivity contribution >= 4 is 18.1 Å². The number of piperidine rings is 1. The van der Waals surface area contributed by atoms with Crippen LogP contribution in [0.2, 0.25) is 0 Å². The van der Waals surface area contributed by atoms with Gasteiger partial charge in [-0.1, -0.05) is 0 Å². The lowest BCUT2D eigenvalue weighted by Gasteiger charge is -2.37. The van der Waals surface area contributed by atoms with Crippen molar-refractivity contribution in [2.45, 2.75) is 91.9 Å². The molecule has 1 aliphatic heterocycles. The summed E-state index contributed by atoms with van der Waals surface area (Å²) < 4.78 is 10.7. The first-order chi connectivity index (χ1) is 13.7. The van der Waals surface area contributed by atoms with Crippen molar-refractivity contribution in [3.05, 3.63) is 0 Å². The van der Waals surface area contributed by atoms with Gasteiger partial charge in [-0.3, -0.25) is 4.79 Å². The number of hydrogen-bond acceptors (Lipinski definition) is 5. The number of nitrogens with zero attached hydrogens (tertiary/aromatic N) is 2. The lowest BCUT2D eigenvalue weighted by Crippen LogP contribution is -2.48. The minimum atomic E-state index is -0.565. The summed E-state index contributed by atoms with van der Waals surface area (Å²) in [5.41, 5.74) is -1.11. The van der Waals surface area contributed by atoms with Crippen molar-refractivity contribution in [3.8, 4) is 0 Å². The van der Waals surface area contributed by atoms with Crippen LogP contribution < -0.4 is 5.32 Å². The van der Waals surface area contributed by atoms with Crippen LogP contribution in [0.1, 0.15) is 74.7 Å². The van der Waals surface area contributed by atoms with Gasteiger partial charge in [0.1, 0.15) is 11.2 Å². The van der Waals surface area contributed by atoms with Crippen LogP contribution in [0, 0.1) is 5.92 Å². The fourth-order valence-electron chi connectivity index (χ4n) is 3.28. The number of likely N-dealkylation sites (tertiary alicyclic amines) is 1. The first-order valence-electron chi connectivity index (χ1n) is 10.9. The lowest BCUT2D eigenvalue weighted by atomic mass is 9.96. The number of alkyl carbamates (subject to hydrolysis) is 1. The maximum absolute atomic E-state index is 12.6. The van der Waals surface area contributed by atoms with Crippen molar-refractivity contribution in [3.63, 3.8) is 0 Å². The molecule has 0 radical (unpaired) electrons. The average Bonchev–Trinajstić information content (AvgIpc) is 2.56. The van der Waals surface area contributed by atoms with Gasteiger partial charge in [0.15, 0.2) is 0 Å². The minimum absolute atomic E-state index is 0.00382. The van der Waals surface area contributed by atoms with Crippen LogP contribution >= 0.6 is 0 Å². The van der Waals surface area contributed by atoms with Crippen molar-refractivity contribution < 1.29 is 23.9 Å². The van der Waals surface area contributed by atoms with E-state index in [-0.39, 0.29) is 36.9 Å². The van der Waals surface area contributed by atoms with E-state index < -0.39 is 17.3 Å². The van der Waals surface area contributed by atoms with Crippen LogP contribution in [0.3, 0.4) is 0 Å². The van der Waals surface area contributed by atoms with E-state index in [1.807, 2.05) is 39.5 Å². The molecule has 30 heavy (non-hydrogen) atoms. The standard InChI is InChI=1S/C22H41N3O5/c1-16(2)25(20(28)30-22(6,7)8)15-17-10-9-13-24(14-17)18(26)11-12-23-19(27)29-21(3,4)5/h16-17H,9-15H2,1-8H3,(H,23,27). The van der Waals surface area contributed by atoms with Gasteiger partial charge in [-0.05, 0) is 74.1 Å². The van der Waals surface area contributed by atoms with Crippen molar-refractivity contribution in [1.82, 2.24) is 15.1 Å². The number of ether oxygens (including phenoxy) is 2. The molecule has 1 heterocycles. The zero-order valence-corrected chi connectivity index (χ0v) is 20.0. The first kappa shape index (κ1) is 26.0. The van der Waals surface area contributed by atoms with Gasteiger partial charge in [-0.15, -0.1) is 0 Å². The number of carbonyl (C=O) groups excluding carboxylic acids is 3. The Hall–Kier alpha value is -1.99. The summed E-state index contributed by atoms with van der Waals surface area (Å²) in [4.78, 5) is 40.4. The molecule has 0 aliphatic carbocycles. The molecule has 8 nitrogen and oxygen atoms in total. The molecule has 0 aromatic rings. The van der Waals surface area contributed by atoms with Crippen LogP contribution in [0.25, 0.3) is 0 Å². The molecule has 1 rings (SSSR count). The Bertz CT molecular complexity index is 593. The fourth-order valence-corrected chi connectivity index (χ4v) is 3.28. The van der Waals surface area contributed by atoms with Crippen LogP contribution in [0.5, 0.6) is 0 Å². The summed E-state index contributed by atoms with van der Waals surface area (Å²) in [6, 6.07) is 0.0176. The molecule has 0 spiro atoms. The lowest BCUT2D eigenvalue weighted by molar-refractivity contribution is -0.133. The molecule has 0 aromatic heterocycles. The van der Waals surface area contributed by atoms with Gasteiger partial charge in [0, 0.05) is 38.6 Å². The van der Waals surface area contributed by atoms with E-state index in [0.717, 1.165) is 12.8 Å². The molecule has 3 amide bonds. The third-order valence-corrected chi connectivity index (χ3v) is 4.59. The summed E-state index contributed by atoms with van der Waals surface area (Å²) >= 11 is 0. The predicted molar refractivity (Wildman–Crippen MR) is 116 cm³/mol. The smallest absolute Gasteiger partial charge is 0.410 e. The second kappa shape index (κ2) is 10.9. The monoisotopic (exact) mass is 427 g/mol. The minimum Gasteiger partial charge on any atom is -0.444 e. The molecule has 0 aromatic carbocycles. The molecule has 1 saturated heterocycles. The molecule has 0 bridgehead atoms. The van der Waals surface area contributed by atoms with Gasteiger partial charge in [0.25, 0.3) is 0 Å². The highest BCUT2D eigenvalue weighted by atomic mass is 16.6. The van der Waals surface area contributed by atoms with Crippen molar-refractivity contribution in [2.24, 2.45) is 5.92 Å². The normalized spacial score (nSPS) is 17.5. The van der Waals surface area contributed by atoms with E-state index in [1.165, 1.54) is 0 Å². The summed E-state index contributed by atoms with van der Waals surface area (Å²) in [6.45, 7) is 17.0. The molecule has 1 atom stereocenters. The summed E-state index contributed by atoms with van der Waals surface area (Å²) in [6.07, 6.45) is 1.26. The highest BCUT2D eigenvalue weighted by molar-refractivity contribution is 5.77. The maximum Gasteiger partial charge on any atom is 0.410 e. The molecular weight excluding hydrogens is 386 g/mol. The highest BCUT2D eigenvalue weighted by Gasteiger charge is 2.30. The third kappa shape index (κ3) is 10.2. The van der Waals surface area contributed by atoms with Crippen LogP contribution in [-0.2, 0) is 14.3 Å². The third-order valence-electron chi connectivity index (χ3n) is 4.59. The predicted octanol–water partition coefficient (Wildman–Crippen LogP) is 3.79.